The lowest BCUT2D eigenvalue weighted by atomic mass is 9.62. The molecule has 8 heteroatoms. The average molecular weight is 433 g/mol. The Hall–Kier alpha value is -2.53. The van der Waals surface area contributed by atoms with E-state index in [-0.39, 0.29) is 24.4 Å². The molecule has 168 valence electrons. The summed E-state index contributed by atoms with van der Waals surface area (Å²) in [5.41, 5.74) is -5.54. The van der Waals surface area contributed by atoms with Gasteiger partial charge in [0.05, 0.1) is 18.8 Å². The van der Waals surface area contributed by atoms with E-state index in [1.807, 2.05) is 0 Å². The van der Waals surface area contributed by atoms with Gasteiger partial charge in [0, 0.05) is 11.5 Å². The van der Waals surface area contributed by atoms with Gasteiger partial charge in [-0.1, -0.05) is 18.2 Å². The smallest absolute Gasteiger partial charge is 0.416 e. The van der Waals surface area contributed by atoms with Crippen molar-refractivity contribution in [3.05, 3.63) is 35.6 Å². The second-order valence-corrected chi connectivity index (χ2v) is 10.1. The van der Waals surface area contributed by atoms with Gasteiger partial charge < -0.3 is 9.47 Å². The number of hydrogen-bond donors (Lipinski definition) is 1. The number of nitrogens with one attached hydrogen (secondary N) is 1. The quantitative estimate of drug-likeness (QED) is 0.716. The fourth-order valence-electron chi connectivity index (χ4n) is 4.73. The first-order valence-corrected chi connectivity index (χ1v) is 10.3. The summed E-state index contributed by atoms with van der Waals surface area (Å²) >= 11 is 0. The van der Waals surface area contributed by atoms with Crippen LogP contribution in [0.15, 0.2) is 24.3 Å². The summed E-state index contributed by atoms with van der Waals surface area (Å²) in [6.07, 6.45) is -1.88. The molecule has 1 aromatic carbocycles. The molecule has 2 saturated heterocycles. The van der Waals surface area contributed by atoms with Crippen LogP contribution in [0, 0.1) is 33.9 Å². The highest BCUT2D eigenvalue weighted by Crippen LogP contribution is 2.57. The number of nitrogens with zero attached hydrogens (tertiary/aromatic N) is 2. The number of carbonyl (C=O) groups is 1. The van der Waals surface area contributed by atoms with Crippen molar-refractivity contribution < 1.29 is 23.0 Å². The summed E-state index contributed by atoms with van der Waals surface area (Å²) in [5, 5.41) is 18.7. The van der Waals surface area contributed by atoms with Gasteiger partial charge in [-0.2, -0.15) is 5.26 Å². The van der Waals surface area contributed by atoms with Crippen molar-refractivity contribution in [2.75, 3.05) is 6.61 Å². The first-order chi connectivity index (χ1) is 14.2. The van der Waals surface area contributed by atoms with Gasteiger partial charge in [-0.3, -0.25) is 10.3 Å². The largest absolute Gasteiger partial charge is 0.443 e. The summed E-state index contributed by atoms with van der Waals surface area (Å²) in [5.74, 6) is -1.70. The predicted octanol–water partition coefficient (Wildman–Crippen LogP) is 4.93. The minimum absolute atomic E-state index is 0.0357. The van der Waals surface area contributed by atoms with E-state index in [0.29, 0.717) is 0 Å². The van der Waals surface area contributed by atoms with Crippen LogP contribution < -0.4 is 0 Å². The third-order valence-corrected chi connectivity index (χ3v) is 6.07. The summed E-state index contributed by atoms with van der Waals surface area (Å²) < 4.78 is 41.8. The number of carbonyl (C=O) groups excluding carboxylic acids is 1. The predicted molar refractivity (Wildman–Crippen MR) is 111 cm³/mol. The number of amides is 1. The summed E-state index contributed by atoms with van der Waals surface area (Å²) in [4.78, 5) is 14.4. The van der Waals surface area contributed by atoms with E-state index in [1.165, 1.54) is 39.0 Å². The second kappa shape index (κ2) is 7.27. The van der Waals surface area contributed by atoms with Crippen LogP contribution in [0.3, 0.4) is 0 Å². The molecule has 6 nitrogen and oxygen atoms in total. The first kappa shape index (κ1) is 23.1. The van der Waals surface area contributed by atoms with Crippen LogP contribution in [0.5, 0.6) is 0 Å². The number of hydrogen-bond acceptors (Lipinski definition) is 5. The molecule has 1 aromatic rings. The molecule has 2 heterocycles. The van der Waals surface area contributed by atoms with E-state index >= 15 is 8.78 Å². The van der Waals surface area contributed by atoms with Crippen LogP contribution in [0.4, 0.5) is 13.6 Å². The number of fused-ring (bicyclic) bond motifs is 1. The zero-order valence-corrected chi connectivity index (χ0v) is 18.8. The molecule has 1 N–H and O–H groups in total. The van der Waals surface area contributed by atoms with Crippen LogP contribution >= 0.6 is 0 Å². The lowest BCUT2D eigenvalue weighted by Gasteiger charge is -2.53. The number of alkyl halides is 1. The van der Waals surface area contributed by atoms with E-state index in [1.54, 1.807) is 26.8 Å². The summed E-state index contributed by atoms with van der Waals surface area (Å²) in [6, 6.07) is 8.00. The van der Waals surface area contributed by atoms with Gasteiger partial charge >= 0.3 is 6.09 Å². The minimum Gasteiger partial charge on any atom is -0.443 e. The summed E-state index contributed by atoms with van der Waals surface area (Å²) in [7, 11) is 0. The van der Waals surface area contributed by atoms with E-state index < -0.39 is 46.2 Å². The number of likely N-dealkylation sites (tertiary alicyclic amines) is 1. The Morgan fingerprint density at radius 3 is 2.45 bits per heavy atom. The van der Waals surface area contributed by atoms with Crippen LogP contribution in [0.2, 0.25) is 0 Å². The number of rotatable bonds is 2. The highest BCUT2D eigenvalue weighted by Gasteiger charge is 2.67. The van der Waals surface area contributed by atoms with E-state index in [4.69, 9.17) is 14.9 Å². The number of halogens is 2. The molecule has 1 amide bonds. The van der Waals surface area contributed by atoms with Crippen molar-refractivity contribution in [1.82, 2.24) is 4.90 Å². The van der Waals surface area contributed by atoms with Crippen LogP contribution in [-0.4, -0.2) is 40.8 Å². The number of nitriles is 1. The summed E-state index contributed by atoms with van der Waals surface area (Å²) in [6.45, 7) is 9.04. The molecule has 2 aliphatic rings. The molecule has 2 aliphatic heterocycles. The normalized spacial score (nSPS) is 31.2. The van der Waals surface area contributed by atoms with Crippen LogP contribution in [-0.2, 0) is 15.0 Å². The van der Waals surface area contributed by atoms with Gasteiger partial charge in [0.15, 0.2) is 0 Å². The zero-order valence-electron chi connectivity index (χ0n) is 18.8. The standard InChI is InChI=1S/C23H29F2N3O3/c1-20(2,3)31-19(29)28-18(27)22(6,12-26)11-15-17(21(4,5)25)30-13-23(15,28)14-9-7-8-10-16(14)24/h7-10,15,17,27H,11,13H2,1-6H3/t15-,17+,22-,23-/m1/s1. The first-order valence-electron chi connectivity index (χ1n) is 10.3. The molecule has 0 aliphatic carbocycles. The SMILES string of the molecule is CC(C)(C)OC(=O)N1C(=N)[C@@](C)(C#N)C[C@@H]2[C@@H](C(C)(C)F)OC[C@@]21c1ccccc1F. The van der Waals surface area contributed by atoms with Gasteiger partial charge in [0.1, 0.15) is 33.9 Å². The van der Waals surface area contributed by atoms with Gasteiger partial charge in [0.25, 0.3) is 0 Å². The van der Waals surface area contributed by atoms with Gasteiger partial charge in [-0.15, -0.1) is 0 Å². The maximum atomic E-state index is 15.2. The third-order valence-electron chi connectivity index (χ3n) is 6.07. The maximum Gasteiger partial charge on any atom is 0.416 e. The van der Waals surface area contributed by atoms with Crippen molar-refractivity contribution in [1.29, 1.82) is 10.7 Å². The molecular formula is C23H29F2N3O3. The van der Waals surface area contributed by atoms with Gasteiger partial charge in [-0.05, 0) is 54.0 Å². The highest BCUT2D eigenvalue weighted by molar-refractivity contribution is 6.00. The zero-order chi connectivity index (χ0) is 23.4. The monoisotopic (exact) mass is 433 g/mol. The number of benzene rings is 1. The molecule has 0 bridgehead atoms. The molecule has 31 heavy (non-hydrogen) atoms. The number of amidine groups is 1. The Morgan fingerprint density at radius 2 is 1.94 bits per heavy atom. The van der Waals surface area contributed by atoms with Gasteiger partial charge in [-0.25, -0.2) is 13.6 Å². The molecule has 3 rings (SSSR count). The lowest BCUT2D eigenvalue weighted by molar-refractivity contribution is -0.0329. The number of piperidine rings is 1. The van der Waals surface area contributed by atoms with E-state index in [9.17, 15) is 10.1 Å². The fraction of sp³-hybridized carbons (Fsp3) is 0.609. The number of ether oxygens (including phenoxy) is 2. The Labute approximate surface area is 181 Å². The molecular weight excluding hydrogens is 404 g/mol. The average Bonchev–Trinajstić information content (AvgIpc) is 3.00. The second-order valence-electron chi connectivity index (χ2n) is 10.1. The van der Waals surface area contributed by atoms with Crippen molar-refractivity contribution in [3.8, 4) is 6.07 Å². The molecule has 0 unspecified atom stereocenters. The molecule has 2 fully saturated rings. The Morgan fingerprint density at radius 1 is 1.32 bits per heavy atom. The molecule has 0 aromatic heterocycles. The van der Waals surface area contributed by atoms with Crippen molar-refractivity contribution in [2.24, 2.45) is 11.3 Å². The molecule has 4 atom stereocenters. The topological polar surface area (TPSA) is 86.4 Å². The van der Waals surface area contributed by atoms with E-state index in [0.717, 1.165) is 4.90 Å². The van der Waals surface area contributed by atoms with Crippen LogP contribution in [0.25, 0.3) is 0 Å². The Bertz CT molecular complexity index is 947. The molecule has 0 radical (unpaired) electrons. The Kier molecular flexibility index (Phi) is 5.42. The highest BCUT2D eigenvalue weighted by atomic mass is 19.1. The minimum atomic E-state index is -1.83. The Balaban J connectivity index is 2.31. The molecule has 0 spiro atoms. The lowest BCUT2D eigenvalue weighted by Crippen LogP contribution is -2.66. The fourth-order valence-corrected chi connectivity index (χ4v) is 4.73. The van der Waals surface area contributed by atoms with Crippen molar-refractivity contribution in [2.45, 2.75) is 70.9 Å². The van der Waals surface area contributed by atoms with Crippen molar-refractivity contribution in [3.63, 3.8) is 0 Å². The van der Waals surface area contributed by atoms with Gasteiger partial charge in [0.2, 0.25) is 0 Å². The third kappa shape index (κ3) is 3.69. The van der Waals surface area contributed by atoms with E-state index in [2.05, 4.69) is 6.07 Å². The van der Waals surface area contributed by atoms with Crippen molar-refractivity contribution >= 4 is 11.9 Å². The van der Waals surface area contributed by atoms with Crippen LogP contribution in [0.1, 0.15) is 53.5 Å². The maximum absolute atomic E-state index is 15.2. The molecule has 0 saturated carbocycles.